The molecule has 0 aliphatic heterocycles. The summed E-state index contributed by atoms with van der Waals surface area (Å²) >= 11 is 0. The Kier molecular flexibility index (Phi) is 3.69. The predicted molar refractivity (Wildman–Crippen MR) is 85.7 cm³/mol. The number of anilines is 1. The van der Waals surface area contributed by atoms with Crippen molar-refractivity contribution < 1.29 is 0 Å². The summed E-state index contributed by atoms with van der Waals surface area (Å²) in [6.07, 6.45) is 5.76. The molecule has 0 radical (unpaired) electrons. The van der Waals surface area contributed by atoms with Gasteiger partial charge in [-0.1, -0.05) is 25.5 Å². The fourth-order valence-electron chi connectivity index (χ4n) is 2.30. The van der Waals surface area contributed by atoms with Crippen LogP contribution in [0.5, 0.6) is 0 Å². The number of rotatable bonds is 4. The Morgan fingerprint density at radius 2 is 1.86 bits per heavy atom. The molecule has 3 aromatic rings. The van der Waals surface area contributed by atoms with Crippen LogP contribution >= 0.6 is 0 Å². The van der Waals surface area contributed by atoms with Crippen molar-refractivity contribution in [3.63, 3.8) is 0 Å². The van der Waals surface area contributed by atoms with Gasteiger partial charge in [-0.3, -0.25) is 4.98 Å². The van der Waals surface area contributed by atoms with Crippen molar-refractivity contribution in [1.82, 2.24) is 15.0 Å². The quantitative estimate of drug-likeness (QED) is 0.715. The van der Waals surface area contributed by atoms with E-state index in [1.165, 1.54) is 0 Å². The summed E-state index contributed by atoms with van der Waals surface area (Å²) in [5.74, 6) is 0.863. The second-order valence-corrected chi connectivity index (χ2v) is 5.05. The Balaban J connectivity index is 1.91. The number of hydrogen-bond acceptors (Lipinski definition) is 3. The number of aromatic nitrogens is 3. The molecule has 0 aliphatic rings. The normalized spacial score (nSPS) is 10.7. The number of H-pyrrole nitrogens is 1. The smallest absolute Gasteiger partial charge is 0.137 e. The first kappa shape index (κ1) is 13.4. The van der Waals surface area contributed by atoms with Gasteiger partial charge in [-0.2, -0.15) is 0 Å². The van der Waals surface area contributed by atoms with Gasteiger partial charge in [0.25, 0.3) is 0 Å². The molecule has 21 heavy (non-hydrogen) atoms. The lowest BCUT2D eigenvalue weighted by molar-refractivity contribution is 0.883. The lowest BCUT2D eigenvalue weighted by Crippen LogP contribution is -1.90. The minimum Gasteiger partial charge on any atom is -0.399 e. The van der Waals surface area contributed by atoms with Gasteiger partial charge in [0.15, 0.2) is 0 Å². The number of aryl methyl sites for hydroxylation is 1. The summed E-state index contributed by atoms with van der Waals surface area (Å²) in [7, 11) is 0. The maximum atomic E-state index is 5.71. The summed E-state index contributed by atoms with van der Waals surface area (Å²) in [6.45, 7) is 2.15. The van der Waals surface area contributed by atoms with Gasteiger partial charge in [-0.05, 0) is 36.2 Å². The molecule has 4 nitrogen and oxygen atoms in total. The third-order valence-corrected chi connectivity index (χ3v) is 3.39. The van der Waals surface area contributed by atoms with Gasteiger partial charge in [0.1, 0.15) is 5.82 Å². The van der Waals surface area contributed by atoms with E-state index in [0.717, 1.165) is 46.9 Å². The van der Waals surface area contributed by atoms with Crippen molar-refractivity contribution in [3.05, 3.63) is 54.5 Å². The molecular formula is C17H18N4. The molecule has 2 aromatic heterocycles. The summed E-state index contributed by atoms with van der Waals surface area (Å²) in [6, 6.07) is 11.8. The summed E-state index contributed by atoms with van der Waals surface area (Å²) in [5.41, 5.74) is 10.7. The second kappa shape index (κ2) is 5.79. The second-order valence-electron chi connectivity index (χ2n) is 5.05. The maximum Gasteiger partial charge on any atom is 0.137 e. The van der Waals surface area contributed by atoms with Crippen LogP contribution in [0, 0.1) is 0 Å². The van der Waals surface area contributed by atoms with Gasteiger partial charge in [0.05, 0.1) is 11.9 Å². The molecule has 2 heterocycles. The molecule has 0 spiro atoms. The lowest BCUT2D eigenvalue weighted by Gasteiger charge is -2.01. The highest BCUT2D eigenvalue weighted by atomic mass is 14.9. The third-order valence-electron chi connectivity index (χ3n) is 3.39. The largest absolute Gasteiger partial charge is 0.399 e. The molecule has 0 saturated carbocycles. The maximum absolute atomic E-state index is 5.71. The minimum absolute atomic E-state index is 0.761. The average molecular weight is 278 g/mol. The fraction of sp³-hybridized carbons (Fsp3) is 0.176. The molecule has 0 bridgehead atoms. The van der Waals surface area contributed by atoms with E-state index in [1.54, 1.807) is 0 Å². The van der Waals surface area contributed by atoms with Gasteiger partial charge in [0.2, 0.25) is 0 Å². The van der Waals surface area contributed by atoms with E-state index in [2.05, 4.69) is 27.9 Å². The number of hydrogen-bond donors (Lipinski definition) is 2. The van der Waals surface area contributed by atoms with Crippen LogP contribution in [0.2, 0.25) is 0 Å². The van der Waals surface area contributed by atoms with Crippen LogP contribution in [-0.2, 0) is 6.42 Å². The van der Waals surface area contributed by atoms with E-state index < -0.39 is 0 Å². The Morgan fingerprint density at radius 1 is 1.05 bits per heavy atom. The van der Waals surface area contributed by atoms with E-state index in [9.17, 15) is 0 Å². The van der Waals surface area contributed by atoms with Gasteiger partial charge >= 0.3 is 0 Å². The Bertz CT molecular complexity index is 729. The van der Waals surface area contributed by atoms with E-state index in [1.807, 2.05) is 42.7 Å². The monoisotopic (exact) mass is 278 g/mol. The number of nitrogen functional groups attached to an aromatic ring is 1. The first-order valence-corrected chi connectivity index (χ1v) is 7.12. The number of aromatic amines is 1. The van der Waals surface area contributed by atoms with Gasteiger partial charge < -0.3 is 10.7 Å². The van der Waals surface area contributed by atoms with Gasteiger partial charge in [-0.15, -0.1) is 0 Å². The van der Waals surface area contributed by atoms with Crippen molar-refractivity contribution in [2.75, 3.05) is 5.73 Å². The SMILES string of the molecule is CCCc1cc(-c2ncc(-c3ccc(N)cc3)[nH]2)ccn1. The standard InChI is InChI=1S/C17H18N4/c1-2-3-15-10-13(8-9-19-15)17-20-11-16(21-17)12-4-6-14(18)7-5-12/h4-11H,2-3,18H2,1H3,(H,20,21). The van der Waals surface area contributed by atoms with Crippen molar-refractivity contribution in [1.29, 1.82) is 0 Å². The number of nitrogens with one attached hydrogen (secondary N) is 1. The summed E-state index contributed by atoms with van der Waals surface area (Å²) in [5, 5.41) is 0. The van der Waals surface area contributed by atoms with Crippen LogP contribution in [0.4, 0.5) is 5.69 Å². The zero-order chi connectivity index (χ0) is 14.7. The van der Waals surface area contributed by atoms with Crippen LogP contribution < -0.4 is 5.73 Å². The first-order valence-electron chi connectivity index (χ1n) is 7.12. The van der Waals surface area contributed by atoms with E-state index in [-0.39, 0.29) is 0 Å². The van der Waals surface area contributed by atoms with Gasteiger partial charge in [0, 0.05) is 23.1 Å². The number of nitrogens with two attached hydrogens (primary N) is 1. The third kappa shape index (κ3) is 2.94. The van der Waals surface area contributed by atoms with Gasteiger partial charge in [-0.25, -0.2) is 4.98 Å². The molecule has 0 atom stereocenters. The molecule has 3 rings (SSSR count). The fourth-order valence-corrected chi connectivity index (χ4v) is 2.30. The average Bonchev–Trinajstić information content (AvgIpc) is 2.98. The van der Waals surface area contributed by atoms with E-state index >= 15 is 0 Å². The van der Waals surface area contributed by atoms with Crippen LogP contribution in [0.25, 0.3) is 22.6 Å². The zero-order valence-corrected chi connectivity index (χ0v) is 12.0. The van der Waals surface area contributed by atoms with Crippen molar-refractivity contribution in [3.8, 4) is 22.6 Å². The Hall–Kier alpha value is -2.62. The highest BCUT2D eigenvalue weighted by Crippen LogP contribution is 2.23. The van der Waals surface area contributed by atoms with E-state index in [4.69, 9.17) is 5.73 Å². The van der Waals surface area contributed by atoms with Crippen LogP contribution in [-0.4, -0.2) is 15.0 Å². The van der Waals surface area contributed by atoms with Crippen molar-refractivity contribution in [2.45, 2.75) is 19.8 Å². The van der Waals surface area contributed by atoms with Crippen LogP contribution in [0.3, 0.4) is 0 Å². The van der Waals surface area contributed by atoms with Crippen LogP contribution in [0.1, 0.15) is 19.0 Å². The Morgan fingerprint density at radius 3 is 2.62 bits per heavy atom. The minimum atomic E-state index is 0.761. The van der Waals surface area contributed by atoms with Crippen molar-refractivity contribution in [2.24, 2.45) is 0 Å². The highest BCUT2D eigenvalue weighted by Gasteiger charge is 2.06. The molecule has 106 valence electrons. The number of benzene rings is 1. The zero-order valence-electron chi connectivity index (χ0n) is 12.0. The van der Waals surface area contributed by atoms with Crippen LogP contribution in [0.15, 0.2) is 48.8 Å². The lowest BCUT2D eigenvalue weighted by atomic mass is 10.1. The van der Waals surface area contributed by atoms with E-state index in [0.29, 0.717) is 0 Å². The number of imidazole rings is 1. The van der Waals surface area contributed by atoms with Crippen molar-refractivity contribution >= 4 is 5.69 Å². The predicted octanol–water partition coefficient (Wildman–Crippen LogP) is 3.67. The molecule has 0 fully saturated rings. The molecule has 4 heteroatoms. The first-order chi connectivity index (χ1) is 10.3. The molecule has 1 aromatic carbocycles. The highest BCUT2D eigenvalue weighted by molar-refractivity contribution is 5.65. The molecule has 0 unspecified atom stereocenters. The topological polar surface area (TPSA) is 67.6 Å². The summed E-state index contributed by atoms with van der Waals surface area (Å²) in [4.78, 5) is 12.2. The summed E-state index contributed by atoms with van der Waals surface area (Å²) < 4.78 is 0. The molecule has 0 aliphatic carbocycles. The Labute approximate surface area is 124 Å². The number of nitrogens with zero attached hydrogens (tertiary/aromatic N) is 2. The molecule has 0 saturated heterocycles. The number of pyridine rings is 1. The molecule has 3 N–H and O–H groups in total. The molecular weight excluding hydrogens is 260 g/mol. The molecule has 0 amide bonds.